The fourth-order valence-electron chi connectivity index (χ4n) is 1.50. The fourth-order valence-corrected chi connectivity index (χ4v) is 1.83. The summed E-state index contributed by atoms with van der Waals surface area (Å²) in [4.78, 5) is 18.7. The molecule has 0 aliphatic heterocycles. The van der Waals surface area contributed by atoms with Crippen LogP contribution in [0.3, 0.4) is 0 Å². The Kier molecular flexibility index (Phi) is 4.09. The van der Waals surface area contributed by atoms with Crippen molar-refractivity contribution in [1.82, 2.24) is 15.3 Å². The number of amides is 1. The summed E-state index contributed by atoms with van der Waals surface area (Å²) < 4.78 is 14.1. The molecule has 0 saturated heterocycles. The van der Waals surface area contributed by atoms with Gasteiger partial charge < -0.3 is 10.3 Å². The lowest BCUT2D eigenvalue weighted by atomic mass is 10.2. The Labute approximate surface area is 112 Å². The monoisotopic (exact) mass is 311 g/mol. The average Bonchev–Trinajstić information content (AvgIpc) is 2.81. The predicted octanol–water partition coefficient (Wildman–Crippen LogP) is 2.28. The molecule has 2 rings (SSSR count). The Morgan fingerprint density at radius 3 is 3.00 bits per heavy atom. The van der Waals surface area contributed by atoms with E-state index in [0.717, 1.165) is 5.82 Å². The average molecular weight is 312 g/mol. The van der Waals surface area contributed by atoms with Crippen molar-refractivity contribution in [2.24, 2.45) is 0 Å². The maximum atomic E-state index is 13.5. The summed E-state index contributed by atoms with van der Waals surface area (Å²) in [5.74, 6) is -0.182. The zero-order chi connectivity index (χ0) is 13.0. The third-order valence-electron chi connectivity index (χ3n) is 2.38. The molecule has 0 aliphatic rings. The summed E-state index contributed by atoms with van der Waals surface area (Å²) in [6, 6.07) is 4.34. The van der Waals surface area contributed by atoms with Crippen molar-refractivity contribution >= 4 is 21.8 Å². The maximum absolute atomic E-state index is 13.5. The minimum Gasteiger partial charge on any atom is -0.351 e. The standard InChI is InChI=1S/C12H11BrFN3O/c13-8-1-2-9(10(14)7-8)12(18)17-4-3-11-15-5-6-16-11/h1-2,5-7H,3-4H2,(H,15,16)(H,17,18). The van der Waals surface area contributed by atoms with Gasteiger partial charge in [-0.15, -0.1) is 0 Å². The second-order valence-corrected chi connectivity index (χ2v) is 4.58. The first-order chi connectivity index (χ1) is 8.66. The smallest absolute Gasteiger partial charge is 0.254 e. The van der Waals surface area contributed by atoms with Gasteiger partial charge in [0.2, 0.25) is 0 Å². The highest BCUT2D eigenvalue weighted by atomic mass is 79.9. The van der Waals surface area contributed by atoms with Gasteiger partial charge in [0.1, 0.15) is 11.6 Å². The summed E-state index contributed by atoms with van der Waals surface area (Å²) in [6.45, 7) is 0.405. The lowest BCUT2D eigenvalue weighted by molar-refractivity contribution is 0.0950. The molecule has 0 aliphatic carbocycles. The van der Waals surface area contributed by atoms with E-state index < -0.39 is 11.7 Å². The third-order valence-corrected chi connectivity index (χ3v) is 2.87. The van der Waals surface area contributed by atoms with E-state index in [0.29, 0.717) is 17.4 Å². The van der Waals surface area contributed by atoms with E-state index in [1.54, 1.807) is 18.5 Å². The molecule has 0 unspecified atom stereocenters. The number of hydrogen-bond acceptors (Lipinski definition) is 2. The van der Waals surface area contributed by atoms with Crippen LogP contribution in [0.5, 0.6) is 0 Å². The van der Waals surface area contributed by atoms with E-state index in [2.05, 4.69) is 31.2 Å². The number of hydrogen-bond donors (Lipinski definition) is 2. The van der Waals surface area contributed by atoms with Gasteiger partial charge in [-0.25, -0.2) is 9.37 Å². The van der Waals surface area contributed by atoms with Crippen molar-refractivity contribution in [2.75, 3.05) is 6.54 Å². The van der Waals surface area contributed by atoms with Crippen molar-refractivity contribution in [2.45, 2.75) is 6.42 Å². The molecule has 1 amide bonds. The Hall–Kier alpha value is -1.69. The van der Waals surface area contributed by atoms with Crippen LogP contribution in [0.2, 0.25) is 0 Å². The highest BCUT2D eigenvalue weighted by Gasteiger charge is 2.11. The van der Waals surface area contributed by atoms with Gasteiger partial charge in [0.25, 0.3) is 5.91 Å². The molecule has 0 fully saturated rings. The number of aromatic amines is 1. The molecule has 2 N–H and O–H groups in total. The largest absolute Gasteiger partial charge is 0.351 e. The molecule has 18 heavy (non-hydrogen) atoms. The zero-order valence-corrected chi connectivity index (χ0v) is 11.0. The molecule has 0 atom stereocenters. The molecule has 2 aromatic rings. The van der Waals surface area contributed by atoms with E-state index >= 15 is 0 Å². The number of carbonyl (C=O) groups is 1. The van der Waals surface area contributed by atoms with Crippen molar-refractivity contribution in [3.05, 3.63) is 52.3 Å². The van der Waals surface area contributed by atoms with Crippen molar-refractivity contribution in [1.29, 1.82) is 0 Å². The molecule has 4 nitrogen and oxygen atoms in total. The summed E-state index contributed by atoms with van der Waals surface area (Å²) in [5.41, 5.74) is 0.0395. The van der Waals surface area contributed by atoms with Gasteiger partial charge in [0, 0.05) is 29.8 Å². The molecule has 0 spiro atoms. The lowest BCUT2D eigenvalue weighted by Crippen LogP contribution is -2.26. The number of carbonyl (C=O) groups excluding carboxylic acids is 1. The maximum Gasteiger partial charge on any atom is 0.254 e. The lowest BCUT2D eigenvalue weighted by Gasteiger charge is -2.05. The number of aromatic nitrogens is 2. The van der Waals surface area contributed by atoms with Crippen LogP contribution in [0.1, 0.15) is 16.2 Å². The number of H-pyrrole nitrogens is 1. The number of nitrogens with zero attached hydrogens (tertiary/aromatic N) is 1. The van der Waals surface area contributed by atoms with Crippen LogP contribution in [0.4, 0.5) is 4.39 Å². The van der Waals surface area contributed by atoms with Gasteiger partial charge in [0.15, 0.2) is 0 Å². The third kappa shape index (κ3) is 3.16. The van der Waals surface area contributed by atoms with E-state index in [1.807, 2.05) is 0 Å². The molecular weight excluding hydrogens is 301 g/mol. The molecule has 94 valence electrons. The normalized spacial score (nSPS) is 10.3. The predicted molar refractivity (Wildman–Crippen MR) is 68.7 cm³/mol. The van der Waals surface area contributed by atoms with Crippen LogP contribution in [0, 0.1) is 5.82 Å². The van der Waals surface area contributed by atoms with Crippen molar-refractivity contribution in [3.63, 3.8) is 0 Å². The highest BCUT2D eigenvalue weighted by Crippen LogP contribution is 2.15. The van der Waals surface area contributed by atoms with E-state index in [-0.39, 0.29) is 5.56 Å². The molecule has 0 saturated carbocycles. The Morgan fingerprint density at radius 2 is 2.33 bits per heavy atom. The van der Waals surface area contributed by atoms with Gasteiger partial charge in [-0.1, -0.05) is 15.9 Å². The van der Waals surface area contributed by atoms with Crippen molar-refractivity contribution in [3.8, 4) is 0 Å². The minimum atomic E-state index is -0.542. The van der Waals surface area contributed by atoms with Crippen LogP contribution >= 0.6 is 15.9 Å². The Bertz CT molecular complexity index is 542. The SMILES string of the molecule is O=C(NCCc1ncc[nH]1)c1ccc(Br)cc1F. The van der Waals surface area contributed by atoms with Gasteiger partial charge >= 0.3 is 0 Å². The topological polar surface area (TPSA) is 57.8 Å². The van der Waals surface area contributed by atoms with Crippen molar-refractivity contribution < 1.29 is 9.18 Å². The number of nitrogens with one attached hydrogen (secondary N) is 2. The van der Waals surface area contributed by atoms with Gasteiger partial charge in [-0.3, -0.25) is 4.79 Å². The van der Waals surface area contributed by atoms with E-state index in [1.165, 1.54) is 12.1 Å². The first kappa shape index (κ1) is 12.8. The van der Waals surface area contributed by atoms with Crippen LogP contribution in [-0.4, -0.2) is 22.4 Å². The Morgan fingerprint density at radius 1 is 1.50 bits per heavy atom. The number of rotatable bonds is 4. The fraction of sp³-hybridized carbons (Fsp3) is 0.167. The van der Waals surface area contributed by atoms with Gasteiger partial charge in [-0.05, 0) is 18.2 Å². The van der Waals surface area contributed by atoms with Gasteiger partial charge in [-0.2, -0.15) is 0 Å². The summed E-state index contributed by atoms with van der Waals surface area (Å²) in [6.07, 6.45) is 3.94. The van der Waals surface area contributed by atoms with E-state index in [9.17, 15) is 9.18 Å². The number of halogens is 2. The van der Waals surface area contributed by atoms with E-state index in [4.69, 9.17) is 0 Å². The van der Waals surface area contributed by atoms with Crippen LogP contribution in [0.15, 0.2) is 35.1 Å². The zero-order valence-electron chi connectivity index (χ0n) is 9.41. The molecule has 6 heteroatoms. The summed E-state index contributed by atoms with van der Waals surface area (Å²) >= 11 is 3.14. The summed E-state index contributed by atoms with van der Waals surface area (Å²) in [5, 5.41) is 2.64. The second-order valence-electron chi connectivity index (χ2n) is 3.67. The number of imidazole rings is 1. The quantitative estimate of drug-likeness (QED) is 0.910. The molecule has 0 radical (unpaired) electrons. The summed E-state index contributed by atoms with van der Waals surface area (Å²) in [7, 11) is 0. The minimum absolute atomic E-state index is 0.0395. The first-order valence-corrected chi connectivity index (χ1v) is 6.17. The van der Waals surface area contributed by atoms with Crippen LogP contribution < -0.4 is 5.32 Å². The molecule has 0 bridgehead atoms. The molecular formula is C12H11BrFN3O. The van der Waals surface area contributed by atoms with Crippen LogP contribution in [0.25, 0.3) is 0 Å². The highest BCUT2D eigenvalue weighted by molar-refractivity contribution is 9.10. The molecule has 1 aromatic heterocycles. The van der Waals surface area contributed by atoms with Crippen LogP contribution in [-0.2, 0) is 6.42 Å². The van der Waals surface area contributed by atoms with Gasteiger partial charge in [0.05, 0.1) is 5.56 Å². The first-order valence-electron chi connectivity index (χ1n) is 5.38. The molecule has 1 heterocycles. The molecule has 1 aromatic carbocycles. The second kappa shape index (κ2) is 5.77. The number of benzene rings is 1. The Balaban J connectivity index is 1.91.